The van der Waals surface area contributed by atoms with Crippen LogP contribution in [0.3, 0.4) is 0 Å². The third-order valence-electron chi connectivity index (χ3n) is 3.32. The minimum atomic E-state index is -0.643. The lowest BCUT2D eigenvalue weighted by atomic mass is 10.2. The number of nitriles is 1. The molecule has 7 nitrogen and oxygen atoms in total. The Bertz CT molecular complexity index is 867. The van der Waals surface area contributed by atoms with Gasteiger partial charge in [-0.2, -0.15) is 5.26 Å². The molecule has 0 atom stereocenters. The highest BCUT2D eigenvalue weighted by atomic mass is 16.6. The van der Waals surface area contributed by atoms with E-state index in [1.807, 2.05) is 36.4 Å². The van der Waals surface area contributed by atoms with Crippen LogP contribution in [0.5, 0.6) is 5.75 Å². The van der Waals surface area contributed by atoms with Crippen LogP contribution in [0.2, 0.25) is 0 Å². The first kappa shape index (κ1) is 20.8. The maximum Gasteiger partial charge on any atom is 0.411 e. The second kappa shape index (κ2) is 9.42. The number of ether oxygens (including phenoxy) is 3. The Kier molecular flexibility index (Phi) is 6.99. The van der Waals surface area contributed by atoms with E-state index in [9.17, 15) is 14.9 Å². The first-order valence-electron chi connectivity index (χ1n) is 8.63. The molecule has 0 heterocycles. The third-order valence-corrected chi connectivity index (χ3v) is 3.32. The van der Waals surface area contributed by atoms with E-state index in [0.717, 1.165) is 5.56 Å². The monoisotopic (exact) mass is 382 g/mol. The van der Waals surface area contributed by atoms with E-state index in [4.69, 9.17) is 14.2 Å². The van der Waals surface area contributed by atoms with Gasteiger partial charge in [0.15, 0.2) is 6.61 Å². The molecule has 0 bridgehead atoms. The topological polar surface area (TPSA) is 97.7 Å². The van der Waals surface area contributed by atoms with Gasteiger partial charge in [-0.25, -0.2) is 9.59 Å². The summed E-state index contributed by atoms with van der Waals surface area (Å²) in [4.78, 5) is 23.6. The predicted octanol–water partition coefficient (Wildman–Crippen LogP) is 4.03. The molecule has 2 aromatic rings. The number of amides is 1. The molecule has 0 fully saturated rings. The fourth-order valence-electron chi connectivity index (χ4n) is 2.21. The molecule has 0 saturated carbocycles. The quantitative estimate of drug-likeness (QED) is 0.758. The molecule has 0 aliphatic carbocycles. The van der Waals surface area contributed by atoms with Crippen LogP contribution in [0.4, 0.5) is 10.5 Å². The Hall–Kier alpha value is -3.53. The average molecular weight is 382 g/mol. The standard InChI is InChI=1S/C21H22N2O5/c1-21(2,3)28-19(24)14-26-18-10-9-17(11-16(18)12-22)23-20(25)27-13-15-7-5-4-6-8-15/h4-11H,13-14H2,1-3H3,(H,23,25). The molecule has 0 aromatic heterocycles. The molecule has 28 heavy (non-hydrogen) atoms. The second-order valence-electron chi connectivity index (χ2n) is 6.88. The number of benzene rings is 2. The summed E-state index contributed by atoms with van der Waals surface area (Å²) in [6.45, 7) is 5.07. The minimum absolute atomic E-state index is 0.134. The van der Waals surface area contributed by atoms with Crippen molar-refractivity contribution >= 4 is 17.7 Å². The highest BCUT2D eigenvalue weighted by Crippen LogP contribution is 2.22. The van der Waals surface area contributed by atoms with E-state index in [1.54, 1.807) is 26.8 Å². The van der Waals surface area contributed by atoms with Crippen LogP contribution >= 0.6 is 0 Å². The number of carbonyl (C=O) groups excluding carboxylic acids is 2. The number of esters is 1. The zero-order valence-corrected chi connectivity index (χ0v) is 16.0. The second-order valence-corrected chi connectivity index (χ2v) is 6.88. The molecule has 0 spiro atoms. The van der Waals surface area contributed by atoms with Crippen LogP contribution in [0.1, 0.15) is 31.9 Å². The molecular weight excluding hydrogens is 360 g/mol. The molecular formula is C21H22N2O5. The van der Waals surface area contributed by atoms with Crippen LogP contribution in [-0.2, 0) is 20.9 Å². The molecule has 2 aromatic carbocycles. The zero-order chi connectivity index (χ0) is 20.6. The van der Waals surface area contributed by atoms with Gasteiger partial charge in [0.25, 0.3) is 0 Å². The van der Waals surface area contributed by atoms with Crippen LogP contribution in [0, 0.1) is 11.3 Å². The lowest BCUT2D eigenvalue weighted by Gasteiger charge is -2.19. The van der Waals surface area contributed by atoms with Crippen LogP contribution in [0.15, 0.2) is 48.5 Å². The van der Waals surface area contributed by atoms with Gasteiger partial charge in [0, 0.05) is 5.69 Å². The molecule has 0 aliphatic rings. The summed E-state index contributed by atoms with van der Waals surface area (Å²) >= 11 is 0. The summed E-state index contributed by atoms with van der Waals surface area (Å²) in [5.41, 5.74) is 0.789. The van der Waals surface area contributed by atoms with Crippen molar-refractivity contribution in [3.05, 3.63) is 59.7 Å². The van der Waals surface area contributed by atoms with Crippen LogP contribution < -0.4 is 10.1 Å². The number of hydrogen-bond acceptors (Lipinski definition) is 6. The van der Waals surface area contributed by atoms with Crippen molar-refractivity contribution in [3.63, 3.8) is 0 Å². The third kappa shape index (κ3) is 7.00. The van der Waals surface area contributed by atoms with Gasteiger partial charge >= 0.3 is 12.1 Å². The zero-order valence-electron chi connectivity index (χ0n) is 16.0. The number of nitrogens with one attached hydrogen (secondary N) is 1. The fourth-order valence-corrected chi connectivity index (χ4v) is 2.21. The highest BCUT2D eigenvalue weighted by molar-refractivity contribution is 5.85. The first-order chi connectivity index (χ1) is 13.3. The van der Waals surface area contributed by atoms with Crippen molar-refractivity contribution in [2.24, 2.45) is 0 Å². The summed E-state index contributed by atoms with van der Waals surface area (Å²) in [6.07, 6.45) is -0.643. The van der Waals surface area contributed by atoms with Gasteiger partial charge in [-0.05, 0) is 44.5 Å². The van der Waals surface area contributed by atoms with E-state index in [2.05, 4.69) is 5.32 Å². The maximum absolute atomic E-state index is 11.9. The molecule has 1 amide bonds. The summed E-state index contributed by atoms with van der Waals surface area (Å²) in [5.74, 6) is -0.320. The Morgan fingerprint density at radius 1 is 1.11 bits per heavy atom. The van der Waals surface area contributed by atoms with Gasteiger partial charge < -0.3 is 14.2 Å². The predicted molar refractivity (Wildman–Crippen MR) is 103 cm³/mol. The molecule has 0 unspecified atom stereocenters. The van der Waals surface area contributed by atoms with Crippen molar-refractivity contribution in [1.82, 2.24) is 0 Å². The smallest absolute Gasteiger partial charge is 0.411 e. The molecule has 7 heteroatoms. The lowest BCUT2D eigenvalue weighted by molar-refractivity contribution is -0.157. The Balaban J connectivity index is 1.92. The highest BCUT2D eigenvalue weighted by Gasteiger charge is 2.17. The van der Waals surface area contributed by atoms with E-state index in [-0.39, 0.29) is 24.5 Å². The molecule has 0 aliphatic heterocycles. The number of nitrogens with zero attached hydrogens (tertiary/aromatic N) is 1. The minimum Gasteiger partial charge on any atom is -0.481 e. The number of carbonyl (C=O) groups is 2. The Morgan fingerprint density at radius 2 is 1.82 bits per heavy atom. The van der Waals surface area contributed by atoms with Gasteiger partial charge in [0.2, 0.25) is 0 Å². The van der Waals surface area contributed by atoms with Crippen LogP contribution in [-0.4, -0.2) is 24.3 Å². The molecule has 1 N–H and O–H groups in total. The largest absolute Gasteiger partial charge is 0.481 e. The van der Waals surface area contributed by atoms with Gasteiger partial charge in [0.1, 0.15) is 24.0 Å². The average Bonchev–Trinajstić information content (AvgIpc) is 2.64. The summed E-state index contributed by atoms with van der Waals surface area (Å²) < 4.78 is 15.6. The number of rotatable bonds is 6. The van der Waals surface area contributed by atoms with Crippen molar-refractivity contribution in [2.75, 3.05) is 11.9 Å². The van der Waals surface area contributed by atoms with Crippen molar-refractivity contribution in [2.45, 2.75) is 33.0 Å². The molecule has 0 radical (unpaired) electrons. The summed E-state index contributed by atoms with van der Waals surface area (Å²) in [7, 11) is 0. The van der Waals surface area contributed by atoms with Gasteiger partial charge in [0.05, 0.1) is 5.56 Å². The number of anilines is 1. The Labute approximate surface area is 163 Å². The van der Waals surface area contributed by atoms with E-state index in [1.165, 1.54) is 12.1 Å². The van der Waals surface area contributed by atoms with E-state index >= 15 is 0 Å². The van der Waals surface area contributed by atoms with Crippen LogP contribution in [0.25, 0.3) is 0 Å². The maximum atomic E-state index is 11.9. The molecule has 2 rings (SSSR count). The van der Waals surface area contributed by atoms with Gasteiger partial charge in [-0.15, -0.1) is 0 Å². The molecule has 146 valence electrons. The normalized spacial score (nSPS) is 10.5. The van der Waals surface area contributed by atoms with Gasteiger partial charge in [-0.3, -0.25) is 5.32 Å². The first-order valence-corrected chi connectivity index (χ1v) is 8.63. The van der Waals surface area contributed by atoms with Crippen molar-refractivity contribution < 1.29 is 23.8 Å². The van der Waals surface area contributed by atoms with Gasteiger partial charge in [-0.1, -0.05) is 30.3 Å². The van der Waals surface area contributed by atoms with Crippen molar-refractivity contribution in [3.8, 4) is 11.8 Å². The SMILES string of the molecule is CC(C)(C)OC(=O)COc1ccc(NC(=O)OCc2ccccc2)cc1C#N. The summed E-state index contributed by atoms with van der Waals surface area (Å²) in [5, 5.41) is 11.8. The Morgan fingerprint density at radius 3 is 2.46 bits per heavy atom. The number of hydrogen-bond donors (Lipinski definition) is 1. The van der Waals surface area contributed by atoms with E-state index in [0.29, 0.717) is 5.69 Å². The lowest BCUT2D eigenvalue weighted by Crippen LogP contribution is -2.27. The molecule has 0 saturated heterocycles. The summed E-state index contributed by atoms with van der Waals surface area (Å²) in [6, 6.07) is 15.7. The van der Waals surface area contributed by atoms with Crippen molar-refractivity contribution in [1.29, 1.82) is 5.26 Å². The van der Waals surface area contributed by atoms with E-state index < -0.39 is 17.7 Å². The fraction of sp³-hybridized carbons (Fsp3) is 0.286.